The second-order valence-corrected chi connectivity index (χ2v) is 5.35. The fraction of sp³-hybridized carbons (Fsp3) is 0.333. The average molecular weight is 324 g/mol. The third-order valence-electron chi connectivity index (χ3n) is 3.11. The van der Waals surface area contributed by atoms with Crippen molar-refractivity contribution >= 4 is 15.9 Å². The molecule has 1 aromatic carbocycles. The van der Waals surface area contributed by atoms with Crippen LogP contribution in [0.15, 0.2) is 51.6 Å². The summed E-state index contributed by atoms with van der Waals surface area (Å²) in [5.74, 6) is 0.874. The molecule has 102 valence electrons. The summed E-state index contributed by atoms with van der Waals surface area (Å²) in [5, 5.41) is 12.7. The molecule has 0 aliphatic heterocycles. The Kier molecular flexibility index (Phi) is 5.19. The minimum atomic E-state index is 0.0705. The van der Waals surface area contributed by atoms with Gasteiger partial charge in [-0.15, -0.1) is 0 Å². The van der Waals surface area contributed by atoms with Crippen LogP contribution in [-0.4, -0.2) is 11.7 Å². The van der Waals surface area contributed by atoms with Crippen molar-refractivity contribution in [2.24, 2.45) is 0 Å². The predicted octanol–water partition coefficient (Wildman–Crippen LogP) is 3.82. The minimum Gasteiger partial charge on any atom is -0.466 e. The van der Waals surface area contributed by atoms with Crippen LogP contribution < -0.4 is 5.32 Å². The van der Waals surface area contributed by atoms with E-state index in [0.717, 1.165) is 10.2 Å². The fourth-order valence-electron chi connectivity index (χ4n) is 2.15. The van der Waals surface area contributed by atoms with Crippen LogP contribution in [-0.2, 0) is 0 Å². The van der Waals surface area contributed by atoms with Crippen LogP contribution in [0.1, 0.15) is 36.8 Å². The van der Waals surface area contributed by atoms with Gasteiger partial charge in [0.25, 0.3) is 0 Å². The first kappa shape index (κ1) is 14.3. The Bertz CT molecular complexity index is 498. The van der Waals surface area contributed by atoms with Crippen molar-refractivity contribution in [1.29, 1.82) is 0 Å². The van der Waals surface area contributed by atoms with Gasteiger partial charge in [0.05, 0.1) is 16.8 Å². The maximum Gasteiger partial charge on any atom is 0.134 e. The van der Waals surface area contributed by atoms with E-state index in [0.29, 0.717) is 6.42 Å². The third-order valence-corrected chi connectivity index (χ3v) is 3.76. The predicted molar refractivity (Wildman–Crippen MR) is 78.8 cm³/mol. The largest absolute Gasteiger partial charge is 0.466 e. The summed E-state index contributed by atoms with van der Waals surface area (Å²) in [4.78, 5) is 0. The highest BCUT2D eigenvalue weighted by molar-refractivity contribution is 9.10. The maximum atomic E-state index is 9.22. The smallest absolute Gasteiger partial charge is 0.134 e. The van der Waals surface area contributed by atoms with Gasteiger partial charge in [-0.1, -0.05) is 30.3 Å². The van der Waals surface area contributed by atoms with E-state index in [9.17, 15) is 5.11 Å². The molecule has 4 heteroatoms. The monoisotopic (exact) mass is 323 g/mol. The number of benzene rings is 1. The summed E-state index contributed by atoms with van der Waals surface area (Å²) in [6.07, 6.45) is 2.34. The van der Waals surface area contributed by atoms with E-state index in [-0.39, 0.29) is 18.7 Å². The summed E-state index contributed by atoms with van der Waals surface area (Å²) in [6, 6.07) is 12.2. The Hall–Kier alpha value is -1.10. The normalized spacial score (nSPS) is 14.3. The molecule has 19 heavy (non-hydrogen) atoms. The van der Waals surface area contributed by atoms with Gasteiger partial charge in [-0.05, 0) is 40.9 Å². The van der Waals surface area contributed by atoms with Crippen LogP contribution in [0.2, 0.25) is 0 Å². The van der Waals surface area contributed by atoms with Crippen LogP contribution in [0.5, 0.6) is 0 Å². The lowest BCUT2D eigenvalue weighted by molar-refractivity contribution is 0.256. The summed E-state index contributed by atoms with van der Waals surface area (Å²) in [7, 11) is 0. The SMILES string of the molecule is CC(N[C@H](CCO)c1ccccc1)c1occc1Br. The number of hydrogen-bond donors (Lipinski definition) is 2. The number of nitrogens with one attached hydrogen (secondary N) is 1. The molecule has 1 aromatic heterocycles. The maximum absolute atomic E-state index is 9.22. The molecule has 2 N–H and O–H groups in total. The molecule has 3 nitrogen and oxygen atoms in total. The van der Waals surface area contributed by atoms with Gasteiger partial charge >= 0.3 is 0 Å². The zero-order valence-corrected chi connectivity index (χ0v) is 12.4. The number of aliphatic hydroxyl groups is 1. The number of hydrogen-bond acceptors (Lipinski definition) is 3. The zero-order chi connectivity index (χ0) is 13.7. The molecule has 1 heterocycles. The molecule has 2 aromatic rings. The van der Waals surface area contributed by atoms with Crippen LogP contribution >= 0.6 is 15.9 Å². The molecule has 2 atom stereocenters. The van der Waals surface area contributed by atoms with Crippen LogP contribution in [0.25, 0.3) is 0 Å². The van der Waals surface area contributed by atoms with Crippen molar-refractivity contribution in [3.63, 3.8) is 0 Å². The standard InChI is InChI=1S/C15H18BrNO2/c1-11(15-13(16)8-10-19-15)17-14(7-9-18)12-5-3-2-4-6-12/h2-6,8,10-11,14,17-18H,7,9H2,1H3/t11?,14-/m1/s1. The van der Waals surface area contributed by atoms with E-state index in [1.54, 1.807) is 6.26 Å². The lowest BCUT2D eigenvalue weighted by Gasteiger charge is -2.22. The Labute approximate surface area is 121 Å². The van der Waals surface area contributed by atoms with Gasteiger partial charge < -0.3 is 14.8 Å². The number of rotatable bonds is 6. The van der Waals surface area contributed by atoms with E-state index in [4.69, 9.17) is 4.42 Å². The van der Waals surface area contributed by atoms with Crippen molar-refractivity contribution in [2.45, 2.75) is 25.4 Å². The fourth-order valence-corrected chi connectivity index (χ4v) is 2.70. The van der Waals surface area contributed by atoms with E-state index in [2.05, 4.69) is 40.3 Å². The minimum absolute atomic E-state index is 0.0705. The summed E-state index contributed by atoms with van der Waals surface area (Å²) in [5.41, 5.74) is 1.17. The summed E-state index contributed by atoms with van der Waals surface area (Å²) < 4.78 is 6.43. The molecule has 0 bridgehead atoms. The first-order valence-electron chi connectivity index (χ1n) is 6.37. The van der Waals surface area contributed by atoms with E-state index in [1.165, 1.54) is 5.56 Å². The van der Waals surface area contributed by atoms with Gasteiger partial charge in [0.2, 0.25) is 0 Å². The Balaban J connectivity index is 2.11. The van der Waals surface area contributed by atoms with Gasteiger partial charge in [-0.3, -0.25) is 0 Å². The summed E-state index contributed by atoms with van der Waals surface area (Å²) >= 11 is 3.47. The number of aliphatic hydroxyl groups excluding tert-OH is 1. The highest BCUT2D eigenvalue weighted by Gasteiger charge is 2.18. The molecule has 0 radical (unpaired) electrons. The second kappa shape index (κ2) is 6.89. The quantitative estimate of drug-likeness (QED) is 0.849. The number of halogens is 1. The summed E-state index contributed by atoms with van der Waals surface area (Å²) in [6.45, 7) is 2.20. The van der Waals surface area contributed by atoms with Crippen molar-refractivity contribution < 1.29 is 9.52 Å². The highest BCUT2D eigenvalue weighted by atomic mass is 79.9. The molecule has 0 spiro atoms. The van der Waals surface area contributed by atoms with Gasteiger partial charge in [0.1, 0.15) is 5.76 Å². The molecule has 1 unspecified atom stereocenters. The van der Waals surface area contributed by atoms with Crippen molar-refractivity contribution in [3.05, 3.63) is 58.5 Å². The first-order chi connectivity index (χ1) is 9.22. The van der Waals surface area contributed by atoms with Crippen LogP contribution in [0.4, 0.5) is 0 Å². The number of furan rings is 1. The van der Waals surface area contributed by atoms with E-state index >= 15 is 0 Å². The van der Waals surface area contributed by atoms with E-state index in [1.807, 2.05) is 24.3 Å². The van der Waals surface area contributed by atoms with Gasteiger partial charge in [-0.2, -0.15) is 0 Å². The Morgan fingerprint density at radius 1 is 1.26 bits per heavy atom. The Morgan fingerprint density at radius 3 is 2.58 bits per heavy atom. The lowest BCUT2D eigenvalue weighted by Crippen LogP contribution is -2.25. The van der Waals surface area contributed by atoms with E-state index < -0.39 is 0 Å². The zero-order valence-electron chi connectivity index (χ0n) is 10.8. The van der Waals surface area contributed by atoms with Crippen LogP contribution in [0.3, 0.4) is 0 Å². The highest BCUT2D eigenvalue weighted by Crippen LogP contribution is 2.27. The molecule has 0 saturated heterocycles. The van der Waals surface area contributed by atoms with Crippen molar-refractivity contribution in [3.8, 4) is 0 Å². The first-order valence-corrected chi connectivity index (χ1v) is 7.16. The van der Waals surface area contributed by atoms with Crippen molar-refractivity contribution in [2.75, 3.05) is 6.61 Å². The van der Waals surface area contributed by atoms with Crippen LogP contribution in [0, 0.1) is 0 Å². The molecule has 2 rings (SSSR count). The van der Waals surface area contributed by atoms with Crippen molar-refractivity contribution in [1.82, 2.24) is 5.32 Å². The third kappa shape index (κ3) is 3.69. The Morgan fingerprint density at radius 2 is 2.00 bits per heavy atom. The molecule has 0 fully saturated rings. The topological polar surface area (TPSA) is 45.4 Å². The molecule has 0 saturated carbocycles. The van der Waals surface area contributed by atoms with Gasteiger partial charge in [-0.25, -0.2) is 0 Å². The molecule has 0 aliphatic carbocycles. The van der Waals surface area contributed by atoms with Gasteiger partial charge in [0, 0.05) is 12.6 Å². The molecule has 0 aliphatic rings. The molecular formula is C15H18BrNO2. The van der Waals surface area contributed by atoms with Gasteiger partial charge in [0.15, 0.2) is 0 Å². The average Bonchev–Trinajstić information content (AvgIpc) is 2.85. The lowest BCUT2D eigenvalue weighted by atomic mass is 10.0. The molecular weight excluding hydrogens is 306 g/mol. The molecule has 0 amide bonds. The second-order valence-electron chi connectivity index (χ2n) is 4.50.